The van der Waals surface area contributed by atoms with Gasteiger partial charge in [0.25, 0.3) is 0 Å². The number of rotatable bonds is 3. The third-order valence-electron chi connectivity index (χ3n) is 4.18. The van der Waals surface area contributed by atoms with E-state index < -0.39 is 6.10 Å². The highest BCUT2D eigenvalue weighted by atomic mass is 16.3. The molecule has 1 fully saturated rings. The summed E-state index contributed by atoms with van der Waals surface area (Å²) < 4.78 is 0. The van der Waals surface area contributed by atoms with Crippen molar-refractivity contribution in [3.8, 4) is 0 Å². The second kappa shape index (κ2) is 5.47. The molecule has 19 heavy (non-hydrogen) atoms. The lowest BCUT2D eigenvalue weighted by Crippen LogP contribution is -2.57. The predicted octanol–water partition coefficient (Wildman–Crippen LogP) is 2.06. The van der Waals surface area contributed by atoms with Crippen molar-refractivity contribution in [1.29, 1.82) is 0 Å². The SMILES string of the molecule is CC[C@@H](O)c1ccc(N2CCN(C)C(C)(C)C2)cn1. The number of hydrogen-bond acceptors (Lipinski definition) is 4. The van der Waals surface area contributed by atoms with Gasteiger partial charge < -0.3 is 10.0 Å². The molecule has 0 unspecified atom stereocenters. The van der Waals surface area contributed by atoms with E-state index in [2.05, 4.69) is 41.7 Å². The third-order valence-corrected chi connectivity index (χ3v) is 4.18. The maximum absolute atomic E-state index is 9.77. The van der Waals surface area contributed by atoms with Crippen molar-refractivity contribution in [3.63, 3.8) is 0 Å². The van der Waals surface area contributed by atoms with Gasteiger partial charge >= 0.3 is 0 Å². The number of aromatic nitrogens is 1. The fourth-order valence-corrected chi connectivity index (χ4v) is 2.45. The van der Waals surface area contributed by atoms with Gasteiger partial charge in [0.2, 0.25) is 0 Å². The van der Waals surface area contributed by atoms with Crippen molar-refractivity contribution in [2.24, 2.45) is 0 Å². The first-order chi connectivity index (χ1) is 8.94. The van der Waals surface area contributed by atoms with E-state index in [9.17, 15) is 5.11 Å². The van der Waals surface area contributed by atoms with Crippen LogP contribution in [0.3, 0.4) is 0 Å². The molecule has 0 radical (unpaired) electrons. The van der Waals surface area contributed by atoms with E-state index in [0.29, 0.717) is 6.42 Å². The van der Waals surface area contributed by atoms with E-state index in [1.54, 1.807) is 0 Å². The van der Waals surface area contributed by atoms with Crippen molar-refractivity contribution in [2.75, 3.05) is 31.6 Å². The highest BCUT2D eigenvalue weighted by Crippen LogP contribution is 2.25. The van der Waals surface area contributed by atoms with Crippen LogP contribution < -0.4 is 4.90 Å². The monoisotopic (exact) mass is 263 g/mol. The van der Waals surface area contributed by atoms with Crippen LogP contribution in [0.25, 0.3) is 0 Å². The van der Waals surface area contributed by atoms with Crippen LogP contribution in [0.4, 0.5) is 5.69 Å². The zero-order valence-electron chi connectivity index (χ0n) is 12.4. The Morgan fingerprint density at radius 1 is 1.37 bits per heavy atom. The van der Waals surface area contributed by atoms with Gasteiger partial charge in [-0.2, -0.15) is 0 Å². The molecule has 1 aromatic heterocycles. The molecule has 0 spiro atoms. The Labute approximate surface area is 116 Å². The molecule has 1 N–H and O–H groups in total. The summed E-state index contributed by atoms with van der Waals surface area (Å²) in [6.45, 7) is 9.58. The number of piperazine rings is 1. The zero-order chi connectivity index (χ0) is 14.0. The van der Waals surface area contributed by atoms with E-state index >= 15 is 0 Å². The Hall–Kier alpha value is -1.13. The molecule has 1 atom stereocenters. The molecular formula is C15H25N3O. The molecule has 1 aliphatic rings. The van der Waals surface area contributed by atoms with Crippen LogP contribution in [0.15, 0.2) is 18.3 Å². The van der Waals surface area contributed by atoms with Gasteiger partial charge in [-0.15, -0.1) is 0 Å². The van der Waals surface area contributed by atoms with Crippen LogP contribution in [0.5, 0.6) is 0 Å². The zero-order valence-corrected chi connectivity index (χ0v) is 12.4. The number of aliphatic hydroxyl groups excluding tert-OH is 1. The van der Waals surface area contributed by atoms with Crippen LogP contribution in [-0.2, 0) is 0 Å². The van der Waals surface area contributed by atoms with Gasteiger partial charge in [0.1, 0.15) is 0 Å². The summed E-state index contributed by atoms with van der Waals surface area (Å²) >= 11 is 0. The van der Waals surface area contributed by atoms with Gasteiger partial charge in [-0.05, 0) is 39.4 Å². The lowest BCUT2D eigenvalue weighted by atomic mass is 9.99. The van der Waals surface area contributed by atoms with Crippen molar-refractivity contribution < 1.29 is 5.11 Å². The summed E-state index contributed by atoms with van der Waals surface area (Å²) in [4.78, 5) is 9.15. The van der Waals surface area contributed by atoms with E-state index in [1.165, 1.54) is 0 Å². The molecule has 2 heterocycles. The minimum atomic E-state index is -0.446. The van der Waals surface area contributed by atoms with Crippen LogP contribution in [0, 0.1) is 0 Å². The van der Waals surface area contributed by atoms with Crippen LogP contribution in [0.2, 0.25) is 0 Å². The Bertz CT molecular complexity index is 416. The van der Waals surface area contributed by atoms with Crippen LogP contribution in [0.1, 0.15) is 39.0 Å². The average molecular weight is 263 g/mol. The van der Waals surface area contributed by atoms with Gasteiger partial charge in [-0.25, -0.2) is 0 Å². The number of nitrogens with zero attached hydrogens (tertiary/aromatic N) is 3. The van der Waals surface area contributed by atoms with E-state index in [0.717, 1.165) is 31.0 Å². The molecule has 4 heteroatoms. The number of aliphatic hydroxyl groups is 1. The standard InChI is InChI=1S/C15H25N3O/c1-5-14(19)13-7-6-12(10-16-13)18-9-8-17(4)15(2,3)11-18/h6-7,10,14,19H,5,8-9,11H2,1-4H3/t14-/m1/s1. The minimum Gasteiger partial charge on any atom is -0.387 e. The van der Waals surface area contributed by atoms with E-state index in [-0.39, 0.29) is 5.54 Å². The Balaban J connectivity index is 2.10. The Morgan fingerprint density at radius 2 is 2.11 bits per heavy atom. The number of hydrogen-bond donors (Lipinski definition) is 1. The van der Waals surface area contributed by atoms with Gasteiger partial charge in [0.15, 0.2) is 0 Å². The fourth-order valence-electron chi connectivity index (χ4n) is 2.45. The lowest BCUT2D eigenvalue weighted by Gasteiger charge is -2.46. The molecule has 1 saturated heterocycles. The van der Waals surface area contributed by atoms with E-state index in [4.69, 9.17) is 0 Å². The summed E-state index contributed by atoms with van der Waals surface area (Å²) in [6.07, 6.45) is 2.14. The molecule has 0 aliphatic carbocycles. The molecule has 0 bridgehead atoms. The first kappa shape index (κ1) is 14.3. The van der Waals surface area contributed by atoms with Gasteiger partial charge in [-0.1, -0.05) is 6.92 Å². The second-order valence-corrected chi connectivity index (χ2v) is 6.02. The molecule has 0 aromatic carbocycles. The van der Waals surface area contributed by atoms with Crippen molar-refractivity contribution in [1.82, 2.24) is 9.88 Å². The fraction of sp³-hybridized carbons (Fsp3) is 0.667. The Morgan fingerprint density at radius 3 is 2.63 bits per heavy atom. The highest BCUT2D eigenvalue weighted by Gasteiger charge is 2.31. The molecule has 1 aromatic rings. The maximum Gasteiger partial charge on any atom is 0.0957 e. The van der Waals surface area contributed by atoms with Crippen molar-refractivity contribution in [3.05, 3.63) is 24.0 Å². The first-order valence-corrected chi connectivity index (χ1v) is 7.04. The largest absolute Gasteiger partial charge is 0.387 e. The maximum atomic E-state index is 9.77. The van der Waals surface area contributed by atoms with Crippen molar-refractivity contribution >= 4 is 5.69 Å². The second-order valence-electron chi connectivity index (χ2n) is 6.02. The minimum absolute atomic E-state index is 0.180. The summed E-state index contributed by atoms with van der Waals surface area (Å²) in [5.41, 5.74) is 2.09. The quantitative estimate of drug-likeness (QED) is 0.906. The van der Waals surface area contributed by atoms with Gasteiger partial charge in [0.05, 0.1) is 23.7 Å². The summed E-state index contributed by atoms with van der Waals surface area (Å²) in [6, 6.07) is 4.01. The molecule has 0 saturated carbocycles. The molecule has 106 valence electrons. The summed E-state index contributed by atoms with van der Waals surface area (Å²) in [5, 5.41) is 9.77. The average Bonchev–Trinajstić information content (AvgIpc) is 2.41. The Kier molecular flexibility index (Phi) is 4.11. The third kappa shape index (κ3) is 3.07. The van der Waals surface area contributed by atoms with Gasteiger partial charge in [0, 0.05) is 25.2 Å². The topological polar surface area (TPSA) is 39.6 Å². The summed E-state index contributed by atoms with van der Waals surface area (Å²) in [7, 11) is 2.18. The summed E-state index contributed by atoms with van der Waals surface area (Å²) in [5.74, 6) is 0. The van der Waals surface area contributed by atoms with Crippen LogP contribution in [-0.4, -0.2) is 47.2 Å². The number of likely N-dealkylation sites (N-methyl/N-ethyl adjacent to an activating group) is 1. The smallest absolute Gasteiger partial charge is 0.0957 e. The van der Waals surface area contributed by atoms with Crippen LogP contribution >= 0.6 is 0 Å². The highest BCUT2D eigenvalue weighted by molar-refractivity contribution is 5.46. The molecule has 0 amide bonds. The molecule has 4 nitrogen and oxygen atoms in total. The lowest BCUT2D eigenvalue weighted by molar-refractivity contribution is 0.139. The van der Waals surface area contributed by atoms with Crippen molar-refractivity contribution in [2.45, 2.75) is 38.8 Å². The molecular weight excluding hydrogens is 238 g/mol. The number of anilines is 1. The van der Waals surface area contributed by atoms with Gasteiger partial charge in [-0.3, -0.25) is 9.88 Å². The molecule has 2 rings (SSSR count). The normalized spacial score (nSPS) is 21.4. The number of pyridine rings is 1. The predicted molar refractivity (Wildman–Crippen MR) is 78.4 cm³/mol. The van der Waals surface area contributed by atoms with E-state index in [1.807, 2.05) is 19.2 Å². The molecule has 1 aliphatic heterocycles. The first-order valence-electron chi connectivity index (χ1n) is 7.04.